The number of carbonyl (C=O) groups is 6. The number of ketones is 6. The third-order valence-electron chi connectivity index (χ3n) is 16.1. The lowest BCUT2D eigenvalue weighted by Crippen LogP contribution is -2.23. The summed E-state index contributed by atoms with van der Waals surface area (Å²) in [6.07, 6.45) is 14.2. The summed E-state index contributed by atoms with van der Waals surface area (Å²) in [5.41, 5.74) is 7.61. The average Bonchev–Trinajstić information content (AvgIpc) is 0.794. The van der Waals surface area contributed by atoms with Crippen LogP contribution in [0.25, 0.3) is 34.0 Å². The summed E-state index contributed by atoms with van der Waals surface area (Å²) in [5, 5.41) is 15.8. The van der Waals surface area contributed by atoms with Crippen molar-refractivity contribution in [1.29, 1.82) is 0 Å². The van der Waals surface area contributed by atoms with Crippen LogP contribution in [0.4, 0.5) is 46.0 Å². The summed E-state index contributed by atoms with van der Waals surface area (Å²) in [5.74, 6) is 3.47. The second-order valence-electron chi connectivity index (χ2n) is 23.6. The summed E-state index contributed by atoms with van der Waals surface area (Å²) in [7, 11) is 0. The largest absolute Gasteiger partial charge is 0.482 e. The molecule has 0 amide bonds. The molecule has 6 heterocycles. The number of anilines is 8. The van der Waals surface area contributed by atoms with Gasteiger partial charge in [0.05, 0.1) is 35.8 Å². The Balaban J connectivity index is 0.000000164. The topological polar surface area (TPSA) is 335 Å². The summed E-state index contributed by atoms with van der Waals surface area (Å²) in [4.78, 5) is 128. The van der Waals surface area contributed by atoms with Gasteiger partial charge in [-0.1, -0.05) is 86.2 Å². The van der Waals surface area contributed by atoms with Crippen LogP contribution in [0.3, 0.4) is 0 Å². The van der Waals surface area contributed by atoms with Crippen LogP contribution in [0.2, 0.25) is 20.1 Å². The smallest absolute Gasteiger partial charge is 0.293 e. The number of nitrogens with one attached hydrogen (secondary N) is 4. The van der Waals surface area contributed by atoms with Crippen LogP contribution >= 0.6 is 46.4 Å². The maximum Gasteiger partial charge on any atom is 0.293 e. The Kier molecular flexibility index (Phi) is 27.8. The molecule has 0 radical (unpaired) electrons. The van der Waals surface area contributed by atoms with E-state index in [0.717, 1.165) is 66.8 Å². The highest BCUT2D eigenvalue weighted by molar-refractivity contribution is 6.34. The second-order valence-corrected chi connectivity index (χ2v) is 25.2. The Hall–Kier alpha value is -11.3. The fourth-order valence-electron chi connectivity index (χ4n) is 10.3. The molecule has 2 aliphatic rings. The van der Waals surface area contributed by atoms with E-state index in [2.05, 4.69) is 61.1 Å². The zero-order valence-electron chi connectivity index (χ0n) is 59.1. The molecule has 6 aromatic heterocycles. The number of aromatic nitrogens is 10. The lowest BCUT2D eigenvalue weighted by atomic mass is 9.95. The second kappa shape index (κ2) is 37.4. The number of benzene rings is 4. The van der Waals surface area contributed by atoms with Crippen LogP contribution in [0, 0.1) is 13.8 Å². The number of halogens is 4. The number of hydrogen-bond donors (Lipinski definition) is 4. The first-order valence-electron chi connectivity index (χ1n) is 33.6. The number of allylic oxidation sites excluding steroid dienone is 2. The molecular weight excluding hydrogens is 1440 g/mol. The van der Waals surface area contributed by atoms with Gasteiger partial charge in [0.15, 0.2) is 69.4 Å². The molecule has 12 rings (SSSR count). The highest BCUT2D eigenvalue weighted by atomic mass is 35.5. The first-order valence-corrected chi connectivity index (χ1v) is 35.2. The molecule has 0 fully saturated rings. The van der Waals surface area contributed by atoms with Crippen LogP contribution in [-0.4, -0.2) is 110 Å². The maximum absolute atomic E-state index is 12.6. The van der Waals surface area contributed by atoms with E-state index in [4.69, 9.17) is 65.4 Å². The summed E-state index contributed by atoms with van der Waals surface area (Å²) >= 11 is 24.4. The van der Waals surface area contributed by atoms with E-state index in [1.54, 1.807) is 87.4 Å². The monoisotopic (exact) mass is 1510 g/mol. The number of fused-ring (bicyclic) bond motifs is 4. The van der Waals surface area contributed by atoms with E-state index in [9.17, 15) is 38.4 Å². The van der Waals surface area contributed by atoms with E-state index >= 15 is 0 Å². The molecule has 0 atom stereocenters. The molecule has 2 aliphatic carbocycles. The molecule has 0 aliphatic heterocycles. The molecule has 4 aromatic carbocycles. The fraction of sp³-hybridized carbons (Fsp3) is 0.263. The van der Waals surface area contributed by atoms with Crippen molar-refractivity contribution in [3.05, 3.63) is 209 Å². The minimum atomic E-state index is -0.256. The predicted molar refractivity (Wildman–Crippen MR) is 409 cm³/mol. The van der Waals surface area contributed by atoms with Gasteiger partial charge in [0.1, 0.15) is 70.8 Å². The first kappa shape index (κ1) is 78.8. The van der Waals surface area contributed by atoms with Crippen LogP contribution in [0.1, 0.15) is 101 Å². The van der Waals surface area contributed by atoms with Crippen molar-refractivity contribution < 1.29 is 47.7 Å². The van der Waals surface area contributed by atoms with E-state index < -0.39 is 0 Å². The summed E-state index contributed by atoms with van der Waals surface area (Å²) < 4.78 is 25.0. The van der Waals surface area contributed by atoms with Gasteiger partial charge < -0.3 is 49.3 Å². The van der Waals surface area contributed by atoms with E-state index in [-0.39, 0.29) is 108 Å². The number of aryl methyl sites for hydroxylation is 4. The molecule has 0 unspecified atom stereocenters. The van der Waals surface area contributed by atoms with Gasteiger partial charge in [-0.05, 0) is 135 Å². The van der Waals surface area contributed by atoms with Gasteiger partial charge in [0, 0.05) is 85.1 Å². The normalized spacial score (nSPS) is 11.9. The first-order chi connectivity index (χ1) is 51.0. The Morgan fingerprint density at radius 3 is 1.12 bits per heavy atom. The van der Waals surface area contributed by atoms with Crippen molar-refractivity contribution in [2.24, 2.45) is 0 Å². The van der Waals surface area contributed by atoms with Crippen LogP contribution in [0.15, 0.2) is 143 Å². The van der Waals surface area contributed by atoms with Gasteiger partial charge in [0.25, 0.3) is 11.1 Å². The minimum Gasteiger partial charge on any atom is -0.482 e. The molecule has 0 bridgehead atoms. The predicted octanol–water partition coefficient (Wildman–Crippen LogP) is 14.4. The molecule has 548 valence electrons. The molecule has 0 spiro atoms. The lowest BCUT2D eigenvalue weighted by Gasteiger charge is -2.17. The van der Waals surface area contributed by atoms with E-state index in [0.29, 0.717) is 93.8 Å². The molecule has 0 saturated carbocycles. The summed E-state index contributed by atoms with van der Waals surface area (Å²) in [6, 6.07) is 25.7. The zero-order valence-corrected chi connectivity index (χ0v) is 62.1. The molecule has 26 nitrogen and oxygen atoms in total. The van der Waals surface area contributed by atoms with Gasteiger partial charge >= 0.3 is 0 Å². The maximum atomic E-state index is 12.6. The van der Waals surface area contributed by atoms with Crippen molar-refractivity contribution in [1.82, 2.24) is 49.0 Å². The number of Topliss-reactive ketones (excluding diaryl/α,β-unsaturated/α-hetero) is 6. The van der Waals surface area contributed by atoms with Crippen LogP contribution in [-0.2, 0) is 64.2 Å². The van der Waals surface area contributed by atoms with Crippen molar-refractivity contribution in [2.75, 3.05) is 47.7 Å². The fourth-order valence-corrected chi connectivity index (χ4v) is 10.9. The van der Waals surface area contributed by atoms with Crippen molar-refractivity contribution in [3.63, 3.8) is 0 Å². The van der Waals surface area contributed by atoms with Crippen LogP contribution in [0.5, 0.6) is 11.5 Å². The number of pyridine rings is 2. The molecule has 106 heavy (non-hydrogen) atoms. The third kappa shape index (κ3) is 21.0. The number of rotatable bonds is 26. The minimum absolute atomic E-state index is 0.0475. The number of nitrogens with zero attached hydrogens (tertiary/aromatic N) is 10. The summed E-state index contributed by atoms with van der Waals surface area (Å²) in [6.45, 7) is 14.9. The van der Waals surface area contributed by atoms with Gasteiger partial charge in [-0.3, -0.25) is 38.4 Å². The third-order valence-corrected chi connectivity index (χ3v) is 17.2. The molecule has 30 heteroatoms. The number of ether oxygens (including phenoxy) is 4. The van der Waals surface area contributed by atoms with E-state index in [1.807, 2.05) is 86.6 Å². The number of carbonyl (C=O) groups excluding carboxylic acids is 6. The highest BCUT2D eigenvalue weighted by Crippen LogP contribution is 2.33. The van der Waals surface area contributed by atoms with E-state index in [1.165, 1.54) is 25.0 Å². The Labute approximate surface area is 629 Å². The van der Waals surface area contributed by atoms with Crippen molar-refractivity contribution >= 4 is 161 Å². The van der Waals surface area contributed by atoms with Gasteiger partial charge in [0.2, 0.25) is 11.6 Å². The number of hydrogen-bond acceptors (Lipinski definition) is 24. The zero-order chi connectivity index (χ0) is 76.1. The highest BCUT2D eigenvalue weighted by Gasteiger charge is 2.24. The molecule has 4 N–H and O–H groups in total. The standard InChI is InChI=1S/C20H21ClN4O3.C19H19ClN4O3.C19H18ClN3O3.C18H16ClN3O3/c1-4-15(26)11-28-18-9-13-8-14(6-7-17(13)25(5-2)20(18)27)24-19-16(21)10-22-12(3)23-19;1-3-14(25)10-27-17-8-12-7-13(23-18-15(20)9-21-11-22-18)5-6-16(12)24(4-2)19(17)26;1-3-15(24)10-26-18-8-13-6-14(5-4-12(13)7-17(18)25)23-19-16(20)9-21-11(2)22-19;1-2-14(23)9-25-17-7-12-5-13(4-3-11(12)6-16(17)24)22-18-15(19)8-20-10-21-18/h6-10H,4-5,11H2,1-3H3,(H,22,23,24);5-9,11H,3-4,10H2,1-2H3,(H,21,22,23);4-6,8-9H,3,7,10H2,1-2H3,(H,21,22,23);3-5,7-8,10H,2,6,9H2,1H3,(H,20,21,22). The Morgan fingerprint density at radius 2 is 0.764 bits per heavy atom. The molecule has 0 saturated heterocycles. The van der Waals surface area contributed by atoms with Gasteiger partial charge in [-0.15, -0.1) is 0 Å². The van der Waals surface area contributed by atoms with Gasteiger partial charge in [-0.25, -0.2) is 39.9 Å². The molecular formula is C76H74Cl4N14O12. The van der Waals surface area contributed by atoms with Crippen molar-refractivity contribution in [2.45, 2.75) is 107 Å². The SMILES string of the molecule is CCC(=O)COC1=Cc2cc(Nc3nc(C)ncc3Cl)ccc2CC1=O.CCC(=O)COC1=Cc2cc(Nc3ncncc3Cl)ccc2CC1=O.CCC(=O)COc1cc2cc(Nc3nc(C)ncc3Cl)ccc2n(CC)c1=O.CCC(=O)COc1cc2cc(Nc3ncncc3Cl)ccc2n(CC)c1=O. The van der Waals surface area contributed by atoms with Crippen molar-refractivity contribution in [3.8, 4) is 11.5 Å². The van der Waals surface area contributed by atoms with Crippen LogP contribution < -0.4 is 41.9 Å². The Bertz CT molecular complexity index is 5180. The molecule has 10 aromatic rings. The van der Waals surface area contributed by atoms with Gasteiger partial charge in [-0.2, -0.15) is 0 Å². The lowest BCUT2D eigenvalue weighted by molar-refractivity contribution is -0.125. The quantitative estimate of drug-likeness (QED) is 0.0391. The Morgan fingerprint density at radius 1 is 0.425 bits per heavy atom. The average molecular weight is 1520 g/mol.